The second-order valence-corrected chi connectivity index (χ2v) is 4.28. The van der Waals surface area contributed by atoms with Gasteiger partial charge in [0.05, 0.1) is 23.1 Å². The summed E-state index contributed by atoms with van der Waals surface area (Å²) in [4.78, 5) is 41.6. The van der Waals surface area contributed by atoms with E-state index in [1.807, 2.05) is 0 Å². The Balaban J connectivity index is -0.0000000480. The molecular weight excluding hydrogens is 456 g/mol. The largest absolute Gasteiger partial charge is 2.00 e. The van der Waals surface area contributed by atoms with Gasteiger partial charge in [0.15, 0.2) is 0 Å². The number of hydrogen-bond donors (Lipinski definition) is 2. The molecule has 0 atom stereocenters. The molecule has 0 unspecified atom stereocenters. The van der Waals surface area contributed by atoms with Gasteiger partial charge in [0.2, 0.25) is 0 Å². The number of rotatable bonds is 4. The van der Waals surface area contributed by atoms with E-state index < -0.39 is 23.9 Å². The van der Waals surface area contributed by atoms with Crippen molar-refractivity contribution in [3.05, 3.63) is 70.8 Å². The minimum atomic E-state index is -1.52. The van der Waals surface area contributed by atoms with Gasteiger partial charge in [-0.25, -0.2) is 9.59 Å². The molecule has 0 aliphatic carbocycles. The zero-order valence-electron chi connectivity index (χ0n) is 16.2. The number of carbonyl (C=O) groups excluding carboxylic acids is 2. The molecule has 0 aromatic heterocycles. The first kappa shape index (κ1) is 51.4. The summed E-state index contributed by atoms with van der Waals surface area (Å²) < 4.78 is 0. The van der Waals surface area contributed by atoms with Crippen LogP contribution in [0.5, 0.6) is 0 Å². The third-order valence-electron chi connectivity index (χ3n) is 2.75. The van der Waals surface area contributed by atoms with Crippen molar-refractivity contribution in [1.29, 1.82) is 0 Å². The second-order valence-electron chi connectivity index (χ2n) is 4.28. The summed E-state index contributed by atoms with van der Waals surface area (Å²) in [5.74, 6) is -5.49. The molecule has 16 heteroatoms. The van der Waals surface area contributed by atoms with Crippen molar-refractivity contribution in [3.8, 4) is 0 Å². The van der Waals surface area contributed by atoms with E-state index in [0.29, 0.717) is 0 Å². The quantitative estimate of drug-likeness (QED) is 0.394. The topological polar surface area (TPSA) is 375 Å². The minimum Gasteiger partial charge on any atom is -0.545 e. The van der Waals surface area contributed by atoms with Crippen LogP contribution in [0.3, 0.4) is 0 Å². The smallest absolute Gasteiger partial charge is 0.545 e. The monoisotopic (exact) mass is 480 g/mol. The average Bonchev–Trinajstić information content (AvgIpc) is 2.55. The first-order chi connectivity index (χ1) is 11.3. The van der Waals surface area contributed by atoms with Gasteiger partial charge >= 0.3 is 35.0 Å². The van der Waals surface area contributed by atoms with Crippen molar-refractivity contribution in [2.45, 2.75) is 0 Å². The van der Waals surface area contributed by atoms with E-state index in [2.05, 4.69) is 0 Å². The van der Waals surface area contributed by atoms with Crippen LogP contribution in [0, 0.1) is 0 Å². The fourth-order valence-electron chi connectivity index (χ4n) is 1.70. The Morgan fingerprint density at radius 2 is 0.688 bits per heavy atom. The normalized spacial score (nSPS) is 7.00. The number of carboxylic acid groups (broad SMARTS) is 4. The predicted octanol–water partition coefficient (Wildman–Crippen LogP) is -6.66. The van der Waals surface area contributed by atoms with E-state index in [1.165, 1.54) is 36.4 Å². The number of carboxylic acids is 4. The molecule has 2 aromatic carbocycles. The standard InChI is InChI=1S/2C8H6O4.Mg.7H2O/c2*9-7(10)5-3-1-2-4-6(5)8(11)12;;;;;;;;/h2*1-4H,(H,9,10)(H,11,12);;7*1H2/q;;+2;;;;;;;/p-2. The van der Waals surface area contributed by atoms with E-state index in [1.54, 1.807) is 0 Å². The summed E-state index contributed by atoms with van der Waals surface area (Å²) in [6.07, 6.45) is 0. The van der Waals surface area contributed by atoms with Crippen LogP contribution in [0.1, 0.15) is 41.4 Å². The van der Waals surface area contributed by atoms with Crippen molar-refractivity contribution >= 4 is 46.9 Å². The van der Waals surface area contributed by atoms with E-state index in [0.717, 1.165) is 12.1 Å². The van der Waals surface area contributed by atoms with Gasteiger partial charge in [-0.05, 0) is 12.1 Å². The molecule has 180 valence electrons. The number of carbonyl (C=O) groups is 4. The third kappa shape index (κ3) is 14.7. The predicted molar refractivity (Wildman–Crippen MR) is 107 cm³/mol. The van der Waals surface area contributed by atoms with Crippen molar-refractivity contribution < 1.29 is 77.9 Å². The maximum absolute atomic E-state index is 10.5. The molecule has 2 aromatic rings. The molecule has 16 N–H and O–H groups in total. The summed E-state index contributed by atoms with van der Waals surface area (Å²) in [6, 6.07) is 10.6. The van der Waals surface area contributed by atoms with Gasteiger partial charge in [-0.15, -0.1) is 0 Å². The summed E-state index contributed by atoms with van der Waals surface area (Å²) >= 11 is 0. The van der Waals surface area contributed by atoms with Crippen LogP contribution in [0.4, 0.5) is 0 Å². The zero-order valence-corrected chi connectivity index (χ0v) is 17.6. The van der Waals surface area contributed by atoms with E-state index in [9.17, 15) is 29.4 Å². The Kier molecular flexibility index (Phi) is 38.7. The van der Waals surface area contributed by atoms with E-state index >= 15 is 0 Å². The van der Waals surface area contributed by atoms with Crippen LogP contribution >= 0.6 is 0 Å². The zero-order chi connectivity index (χ0) is 18.3. The van der Waals surface area contributed by atoms with Gasteiger partial charge < -0.3 is 68.3 Å². The van der Waals surface area contributed by atoms with Crippen LogP contribution in [0.2, 0.25) is 0 Å². The summed E-state index contributed by atoms with van der Waals surface area (Å²) in [5.41, 5.74) is -1.11. The molecule has 0 bridgehead atoms. The van der Waals surface area contributed by atoms with Crippen molar-refractivity contribution in [2.24, 2.45) is 0 Å². The Morgan fingerprint density at radius 3 is 0.844 bits per heavy atom. The van der Waals surface area contributed by atoms with Crippen molar-refractivity contribution in [2.75, 3.05) is 0 Å². The van der Waals surface area contributed by atoms with Crippen LogP contribution < -0.4 is 10.2 Å². The van der Waals surface area contributed by atoms with E-state index in [-0.39, 0.29) is 83.6 Å². The van der Waals surface area contributed by atoms with Gasteiger partial charge in [-0.3, -0.25) is 0 Å². The Hall–Kier alpha value is -3.19. The van der Waals surface area contributed by atoms with Gasteiger partial charge in [-0.2, -0.15) is 0 Å². The summed E-state index contributed by atoms with van der Waals surface area (Å²) in [5, 5.41) is 37.8. The molecule has 0 fully saturated rings. The number of aromatic carboxylic acids is 4. The maximum Gasteiger partial charge on any atom is 2.00 e. The molecule has 0 spiro atoms. The third-order valence-corrected chi connectivity index (χ3v) is 2.75. The molecule has 0 amide bonds. The summed E-state index contributed by atoms with van der Waals surface area (Å²) in [6.45, 7) is 0. The first-order valence-corrected chi connectivity index (χ1v) is 6.33. The van der Waals surface area contributed by atoms with Gasteiger partial charge in [-0.1, -0.05) is 36.4 Å². The molecule has 0 saturated carbocycles. The molecule has 0 saturated heterocycles. The first-order valence-electron chi connectivity index (χ1n) is 6.33. The van der Waals surface area contributed by atoms with Crippen LogP contribution in [0.15, 0.2) is 48.5 Å². The molecule has 0 heterocycles. The van der Waals surface area contributed by atoms with Crippen molar-refractivity contribution in [3.63, 3.8) is 0 Å². The van der Waals surface area contributed by atoms with Crippen molar-refractivity contribution in [1.82, 2.24) is 0 Å². The molecule has 32 heavy (non-hydrogen) atoms. The SMILES string of the molecule is O.O.O.O.O.O.O.O=C(O)c1ccccc1C(=O)O.O=C([O-])c1ccccc1C(=O)[O-].[Mg+2]. The molecular formula is C16H24MgO15. The maximum atomic E-state index is 10.5. The molecule has 0 aliphatic rings. The van der Waals surface area contributed by atoms with E-state index in [4.69, 9.17) is 10.2 Å². The van der Waals surface area contributed by atoms with Crippen LogP contribution in [-0.2, 0) is 0 Å². The fraction of sp³-hybridized carbons (Fsp3) is 0. The van der Waals surface area contributed by atoms with Gasteiger partial charge in [0.1, 0.15) is 0 Å². The summed E-state index contributed by atoms with van der Waals surface area (Å²) in [7, 11) is 0. The average molecular weight is 481 g/mol. The number of hydrogen-bond acceptors (Lipinski definition) is 6. The molecule has 0 aliphatic heterocycles. The molecule has 15 nitrogen and oxygen atoms in total. The van der Waals surface area contributed by atoms with Crippen LogP contribution in [-0.4, -0.2) is 95.5 Å². The van der Waals surface area contributed by atoms with Gasteiger partial charge in [0.25, 0.3) is 0 Å². The fourth-order valence-corrected chi connectivity index (χ4v) is 1.70. The second kappa shape index (κ2) is 24.1. The van der Waals surface area contributed by atoms with Crippen LogP contribution in [0.25, 0.3) is 0 Å². The Labute approximate surface area is 195 Å². The molecule has 2 rings (SSSR count). The Bertz CT molecular complexity index is 676. The van der Waals surface area contributed by atoms with Gasteiger partial charge in [0, 0.05) is 11.1 Å². The molecule has 0 radical (unpaired) electrons. The number of benzene rings is 2. The Morgan fingerprint density at radius 1 is 0.500 bits per heavy atom. The minimum absolute atomic E-state index is 0.